The minimum Gasteiger partial charge on any atom is -0.465 e. The van der Waals surface area contributed by atoms with E-state index >= 15 is 0 Å². The van der Waals surface area contributed by atoms with Crippen LogP contribution < -0.4 is 0 Å². The molecule has 0 aromatic heterocycles. The summed E-state index contributed by atoms with van der Waals surface area (Å²) in [5.41, 5.74) is 1.23. The van der Waals surface area contributed by atoms with E-state index in [4.69, 9.17) is 4.74 Å². The van der Waals surface area contributed by atoms with Crippen LogP contribution in [-0.4, -0.2) is 12.6 Å². The fraction of sp³-hybridized carbons (Fsp3) is 0.267. The van der Waals surface area contributed by atoms with Gasteiger partial charge in [-0.05, 0) is 16.3 Å². The van der Waals surface area contributed by atoms with Crippen LogP contribution in [0.4, 0.5) is 0 Å². The number of benzene rings is 2. The molecular weight excluding hydrogens is 212 g/mol. The smallest absolute Gasteiger partial charge is 0.302 e. The molecule has 1 atom stereocenters. The van der Waals surface area contributed by atoms with Crippen LogP contribution >= 0.6 is 0 Å². The monoisotopic (exact) mass is 228 g/mol. The van der Waals surface area contributed by atoms with Crippen LogP contribution in [0.5, 0.6) is 0 Å². The number of hydrogen-bond donors (Lipinski definition) is 0. The fourth-order valence-corrected chi connectivity index (χ4v) is 2.01. The van der Waals surface area contributed by atoms with Gasteiger partial charge in [-0.15, -0.1) is 0 Å². The lowest BCUT2D eigenvalue weighted by Gasteiger charge is -2.14. The summed E-state index contributed by atoms with van der Waals surface area (Å²) in [6.07, 6.45) is 0. The minimum atomic E-state index is -0.225. The number of esters is 1. The molecule has 0 fully saturated rings. The van der Waals surface area contributed by atoms with Crippen molar-refractivity contribution in [3.63, 3.8) is 0 Å². The first-order valence-electron chi connectivity index (χ1n) is 5.79. The summed E-state index contributed by atoms with van der Waals surface area (Å²) in [6, 6.07) is 14.5. The number of carbonyl (C=O) groups is 1. The Morgan fingerprint density at radius 2 is 1.88 bits per heavy atom. The van der Waals surface area contributed by atoms with Crippen LogP contribution in [0, 0.1) is 0 Å². The van der Waals surface area contributed by atoms with Crippen LogP contribution in [0.2, 0.25) is 0 Å². The average Bonchev–Trinajstić information content (AvgIpc) is 2.35. The Morgan fingerprint density at radius 3 is 2.65 bits per heavy atom. The summed E-state index contributed by atoms with van der Waals surface area (Å²) in [4.78, 5) is 10.8. The molecule has 0 saturated carbocycles. The van der Waals surface area contributed by atoms with Gasteiger partial charge in [-0.2, -0.15) is 0 Å². The van der Waals surface area contributed by atoms with Gasteiger partial charge in [0.15, 0.2) is 0 Å². The van der Waals surface area contributed by atoms with E-state index in [1.165, 1.54) is 23.3 Å². The predicted octanol–water partition coefficient (Wildman–Crippen LogP) is 3.51. The molecule has 0 aliphatic carbocycles. The highest BCUT2D eigenvalue weighted by molar-refractivity contribution is 5.86. The summed E-state index contributed by atoms with van der Waals surface area (Å²) in [6.45, 7) is 3.95. The molecular formula is C15H16O2. The zero-order chi connectivity index (χ0) is 12.3. The van der Waals surface area contributed by atoms with E-state index in [2.05, 4.69) is 31.2 Å². The SMILES string of the molecule is CC(=O)OC[C@@H](C)c1cccc2ccccc12. The molecule has 0 saturated heterocycles. The van der Waals surface area contributed by atoms with E-state index in [0.29, 0.717) is 6.61 Å². The summed E-state index contributed by atoms with van der Waals surface area (Å²) in [5.74, 6) is -0.0120. The van der Waals surface area contributed by atoms with Gasteiger partial charge < -0.3 is 4.74 Å². The molecule has 0 aliphatic heterocycles. The Hall–Kier alpha value is -1.83. The quantitative estimate of drug-likeness (QED) is 0.751. The Bertz CT molecular complexity index is 526. The lowest BCUT2D eigenvalue weighted by Crippen LogP contribution is -2.08. The van der Waals surface area contributed by atoms with Gasteiger partial charge in [-0.25, -0.2) is 0 Å². The molecule has 0 unspecified atom stereocenters. The zero-order valence-electron chi connectivity index (χ0n) is 10.1. The van der Waals surface area contributed by atoms with Crippen molar-refractivity contribution in [3.05, 3.63) is 48.0 Å². The van der Waals surface area contributed by atoms with Crippen molar-refractivity contribution in [2.75, 3.05) is 6.61 Å². The highest BCUT2D eigenvalue weighted by Crippen LogP contribution is 2.25. The van der Waals surface area contributed by atoms with Gasteiger partial charge in [0.05, 0.1) is 6.61 Å². The number of hydrogen-bond acceptors (Lipinski definition) is 2. The Morgan fingerprint density at radius 1 is 1.18 bits per heavy atom. The number of rotatable bonds is 3. The predicted molar refractivity (Wildman–Crippen MR) is 69.0 cm³/mol. The molecule has 17 heavy (non-hydrogen) atoms. The van der Waals surface area contributed by atoms with Crippen LogP contribution in [0.1, 0.15) is 25.3 Å². The standard InChI is InChI=1S/C15H16O2/c1-11(10-17-12(2)16)14-9-5-7-13-6-3-4-8-15(13)14/h3-9,11H,10H2,1-2H3/t11-/m1/s1. The number of ether oxygens (including phenoxy) is 1. The molecule has 0 spiro atoms. The third-order valence-electron chi connectivity index (χ3n) is 2.89. The first kappa shape index (κ1) is 11.6. The molecule has 0 bridgehead atoms. The first-order chi connectivity index (χ1) is 8.18. The number of carbonyl (C=O) groups excluding carboxylic acids is 1. The lowest BCUT2D eigenvalue weighted by atomic mass is 9.95. The van der Waals surface area contributed by atoms with Crippen LogP contribution in [0.25, 0.3) is 10.8 Å². The van der Waals surface area contributed by atoms with Crippen molar-refractivity contribution in [1.29, 1.82) is 0 Å². The molecule has 0 radical (unpaired) electrons. The fourth-order valence-electron chi connectivity index (χ4n) is 2.01. The third kappa shape index (κ3) is 2.64. The van der Waals surface area contributed by atoms with Crippen molar-refractivity contribution in [2.45, 2.75) is 19.8 Å². The third-order valence-corrected chi connectivity index (χ3v) is 2.89. The van der Waals surface area contributed by atoms with Crippen molar-refractivity contribution in [2.24, 2.45) is 0 Å². The van der Waals surface area contributed by atoms with Crippen LogP contribution in [0.3, 0.4) is 0 Å². The Balaban J connectivity index is 2.31. The highest BCUT2D eigenvalue weighted by atomic mass is 16.5. The number of fused-ring (bicyclic) bond motifs is 1. The van der Waals surface area contributed by atoms with E-state index in [9.17, 15) is 4.79 Å². The molecule has 0 amide bonds. The van der Waals surface area contributed by atoms with Crippen LogP contribution in [-0.2, 0) is 9.53 Å². The van der Waals surface area contributed by atoms with E-state index in [0.717, 1.165) is 0 Å². The van der Waals surface area contributed by atoms with Crippen molar-refractivity contribution in [1.82, 2.24) is 0 Å². The second-order valence-corrected chi connectivity index (χ2v) is 4.27. The zero-order valence-corrected chi connectivity index (χ0v) is 10.1. The van der Waals surface area contributed by atoms with Gasteiger partial charge in [0.25, 0.3) is 0 Å². The summed E-state index contributed by atoms with van der Waals surface area (Å²) in [5, 5.41) is 2.45. The van der Waals surface area contributed by atoms with Gasteiger partial charge in [0, 0.05) is 12.8 Å². The summed E-state index contributed by atoms with van der Waals surface area (Å²) >= 11 is 0. The normalized spacial score (nSPS) is 12.4. The molecule has 2 aromatic carbocycles. The van der Waals surface area contributed by atoms with E-state index in [1.54, 1.807) is 0 Å². The largest absolute Gasteiger partial charge is 0.465 e. The molecule has 0 aliphatic rings. The van der Waals surface area contributed by atoms with Gasteiger partial charge in [0.1, 0.15) is 0 Å². The molecule has 2 heteroatoms. The van der Waals surface area contributed by atoms with E-state index in [1.807, 2.05) is 18.2 Å². The van der Waals surface area contributed by atoms with Crippen molar-refractivity contribution >= 4 is 16.7 Å². The summed E-state index contributed by atoms with van der Waals surface area (Å²) in [7, 11) is 0. The van der Waals surface area contributed by atoms with Gasteiger partial charge in [0.2, 0.25) is 0 Å². The van der Waals surface area contributed by atoms with Gasteiger partial charge in [-0.3, -0.25) is 4.79 Å². The topological polar surface area (TPSA) is 26.3 Å². The van der Waals surface area contributed by atoms with Gasteiger partial charge in [-0.1, -0.05) is 49.4 Å². The maximum Gasteiger partial charge on any atom is 0.302 e. The second-order valence-electron chi connectivity index (χ2n) is 4.27. The molecule has 2 aromatic rings. The minimum absolute atomic E-state index is 0.213. The lowest BCUT2D eigenvalue weighted by molar-refractivity contribution is -0.141. The molecule has 88 valence electrons. The highest BCUT2D eigenvalue weighted by Gasteiger charge is 2.10. The van der Waals surface area contributed by atoms with Crippen LogP contribution in [0.15, 0.2) is 42.5 Å². The van der Waals surface area contributed by atoms with E-state index in [-0.39, 0.29) is 11.9 Å². The molecule has 2 nitrogen and oxygen atoms in total. The molecule has 0 N–H and O–H groups in total. The van der Waals surface area contributed by atoms with Crippen molar-refractivity contribution < 1.29 is 9.53 Å². The molecule has 2 rings (SSSR count). The van der Waals surface area contributed by atoms with Gasteiger partial charge >= 0.3 is 5.97 Å². The summed E-state index contributed by atoms with van der Waals surface area (Å²) < 4.78 is 5.07. The van der Waals surface area contributed by atoms with Crippen molar-refractivity contribution in [3.8, 4) is 0 Å². The maximum atomic E-state index is 10.8. The second kappa shape index (κ2) is 5.00. The Labute approximate surface area is 101 Å². The Kier molecular flexibility index (Phi) is 3.43. The average molecular weight is 228 g/mol. The molecule has 0 heterocycles. The first-order valence-corrected chi connectivity index (χ1v) is 5.79. The van der Waals surface area contributed by atoms with E-state index < -0.39 is 0 Å². The maximum absolute atomic E-state index is 10.8.